The van der Waals surface area contributed by atoms with Gasteiger partial charge in [0, 0.05) is 43.1 Å². The SMILES string of the molecule is O=c1c2ccc3c4ccc5c6c(ccc(c7ccc(c2c73)c2nc3c7ccccc7ccc3n12)c46)c(=O)n1c5nc2ccc3ccccc3c21. The monoisotopic (exact) mass is 636 g/mol. The maximum atomic E-state index is 14.5. The Hall–Kier alpha value is -6.92. The fraction of sp³-hybridized carbons (Fsp3) is 0. The van der Waals surface area contributed by atoms with Crippen LogP contribution in [0.15, 0.2) is 131 Å². The van der Waals surface area contributed by atoms with Crippen LogP contribution in [-0.4, -0.2) is 18.8 Å². The first-order valence-electron chi connectivity index (χ1n) is 16.8. The van der Waals surface area contributed by atoms with Crippen molar-refractivity contribution in [2.75, 3.05) is 0 Å². The number of rotatable bonds is 0. The summed E-state index contributed by atoms with van der Waals surface area (Å²) < 4.78 is 3.59. The summed E-state index contributed by atoms with van der Waals surface area (Å²) in [6.45, 7) is 0. The molecule has 0 N–H and O–H groups in total. The molecule has 0 spiro atoms. The van der Waals surface area contributed by atoms with Crippen LogP contribution in [0.2, 0.25) is 0 Å². The van der Waals surface area contributed by atoms with Gasteiger partial charge in [0.1, 0.15) is 11.3 Å². The third kappa shape index (κ3) is 2.67. The molecule has 0 fully saturated rings. The number of benzene rings is 9. The highest BCUT2D eigenvalue weighted by Crippen LogP contribution is 2.46. The molecule has 6 nitrogen and oxygen atoms in total. The van der Waals surface area contributed by atoms with Crippen molar-refractivity contribution in [3.8, 4) is 0 Å². The molecule has 6 heteroatoms. The van der Waals surface area contributed by atoms with Gasteiger partial charge in [-0.2, -0.15) is 0 Å². The van der Waals surface area contributed by atoms with Crippen LogP contribution in [0.5, 0.6) is 0 Å². The minimum absolute atomic E-state index is 0.0666. The molecule has 0 aliphatic heterocycles. The van der Waals surface area contributed by atoms with E-state index >= 15 is 0 Å². The highest BCUT2D eigenvalue weighted by Gasteiger charge is 2.24. The Morgan fingerprint density at radius 1 is 0.380 bits per heavy atom. The van der Waals surface area contributed by atoms with E-state index in [0.717, 1.165) is 97.5 Å². The Labute approximate surface area is 279 Å². The maximum absolute atomic E-state index is 14.5. The highest BCUT2D eigenvalue weighted by atomic mass is 16.1. The Morgan fingerprint density at radius 3 is 1.52 bits per heavy atom. The Balaban J connectivity index is 1.22. The summed E-state index contributed by atoms with van der Waals surface area (Å²) in [5, 5.41) is 15.6. The zero-order valence-electron chi connectivity index (χ0n) is 26.2. The zero-order chi connectivity index (χ0) is 32.6. The number of hydrogen-bond donors (Lipinski definition) is 0. The van der Waals surface area contributed by atoms with Crippen LogP contribution in [0.4, 0.5) is 0 Å². The quantitative estimate of drug-likeness (QED) is 0.123. The molecule has 0 saturated carbocycles. The summed E-state index contributed by atoms with van der Waals surface area (Å²) in [7, 11) is 0. The average Bonchev–Trinajstić information content (AvgIpc) is 3.76. The van der Waals surface area contributed by atoms with E-state index in [1.807, 2.05) is 48.5 Å². The third-order valence-corrected chi connectivity index (χ3v) is 11.3. The van der Waals surface area contributed by atoms with Crippen LogP contribution in [0.1, 0.15) is 0 Å². The minimum atomic E-state index is -0.0675. The lowest BCUT2D eigenvalue weighted by molar-refractivity contribution is 1.19. The van der Waals surface area contributed by atoms with Gasteiger partial charge in [-0.15, -0.1) is 0 Å². The molecule has 13 rings (SSSR count). The lowest BCUT2D eigenvalue weighted by Gasteiger charge is -2.18. The minimum Gasteiger partial charge on any atom is -0.268 e. The first kappa shape index (κ1) is 25.1. The molecule has 13 aromatic rings. The standard InChI is InChI=1S/C44H20N4O2/c49-43-31-17-13-27-25-11-15-29-37-32(44(50)48-40-24-8-4-2-6-22(24)9-19-33(40)45-41(29)48)18-14-28(35(25)37)26-12-16-30(38(31)36(26)27)42-46-39-23-7-3-1-5-21(23)10-20-34(39)47(42)43/h1-20H. The number of imidazole rings is 2. The van der Waals surface area contributed by atoms with E-state index < -0.39 is 0 Å². The predicted molar refractivity (Wildman–Crippen MR) is 205 cm³/mol. The Kier molecular flexibility index (Phi) is 4.12. The summed E-state index contributed by atoms with van der Waals surface area (Å²) in [6, 6.07) is 41.2. The van der Waals surface area contributed by atoms with Crippen LogP contribution in [0, 0.1) is 0 Å². The molecule has 4 aromatic heterocycles. The third-order valence-electron chi connectivity index (χ3n) is 11.3. The number of pyridine rings is 2. The van der Waals surface area contributed by atoms with Crippen molar-refractivity contribution in [3.63, 3.8) is 0 Å². The summed E-state index contributed by atoms with van der Waals surface area (Å²) >= 11 is 0. The van der Waals surface area contributed by atoms with Gasteiger partial charge in [-0.05, 0) is 79.5 Å². The Bertz CT molecular complexity index is 3740. The van der Waals surface area contributed by atoms with E-state index in [9.17, 15) is 9.59 Å². The van der Waals surface area contributed by atoms with Gasteiger partial charge in [0.2, 0.25) is 0 Å². The molecular formula is C44H20N4O2. The van der Waals surface area contributed by atoms with Gasteiger partial charge in [0.05, 0.1) is 22.1 Å². The van der Waals surface area contributed by atoms with Crippen molar-refractivity contribution < 1.29 is 0 Å². The summed E-state index contributed by atoms with van der Waals surface area (Å²) in [5.41, 5.74) is 4.50. The molecule has 50 heavy (non-hydrogen) atoms. The van der Waals surface area contributed by atoms with E-state index in [-0.39, 0.29) is 11.1 Å². The molecule has 0 bridgehead atoms. The molecule has 228 valence electrons. The van der Waals surface area contributed by atoms with Gasteiger partial charge in [0.25, 0.3) is 11.1 Å². The molecule has 0 radical (unpaired) electrons. The van der Waals surface area contributed by atoms with Crippen LogP contribution in [0.25, 0.3) is 120 Å². The van der Waals surface area contributed by atoms with Gasteiger partial charge >= 0.3 is 0 Å². The highest BCUT2D eigenvalue weighted by molar-refractivity contribution is 6.40. The van der Waals surface area contributed by atoms with Crippen molar-refractivity contribution in [3.05, 3.63) is 142 Å². The molecule has 0 amide bonds. The Morgan fingerprint density at radius 2 is 0.860 bits per heavy atom. The lowest BCUT2D eigenvalue weighted by Crippen LogP contribution is -2.14. The molecule has 0 unspecified atom stereocenters. The molecule has 0 aliphatic carbocycles. The van der Waals surface area contributed by atoms with E-state index in [1.165, 1.54) is 0 Å². The van der Waals surface area contributed by atoms with Crippen LogP contribution in [-0.2, 0) is 0 Å². The number of hydrogen-bond acceptors (Lipinski definition) is 4. The maximum Gasteiger partial charge on any atom is 0.264 e. The zero-order valence-corrected chi connectivity index (χ0v) is 26.2. The smallest absolute Gasteiger partial charge is 0.264 e. The summed E-state index contributed by atoms with van der Waals surface area (Å²) in [6.07, 6.45) is 0. The summed E-state index contributed by atoms with van der Waals surface area (Å²) in [4.78, 5) is 39.1. The molecule has 0 saturated heterocycles. The van der Waals surface area contributed by atoms with Crippen molar-refractivity contribution >= 4 is 120 Å². The van der Waals surface area contributed by atoms with E-state index in [1.54, 1.807) is 8.80 Å². The molecular weight excluding hydrogens is 617 g/mol. The van der Waals surface area contributed by atoms with Crippen molar-refractivity contribution in [2.45, 2.75) is 0 Å². The molecule has 0 aliphatic rings. The fourth-order valence-corrected chi connectivity index (χ4v) is 9.27. The van der Waals surface area contributed by atoms with Gasteiger partial charge in [-0.25, -0.2) is 9.97 Å². The second-order valence-electron chi connectivity index (χ2n) is 13.6. The topological polar surface area (TPSA) is 68.7 Å². The first-order chi connectivity index (χ1) is 24.7. The van der Waals surface area contributed by atoms with E-state index in [0.29, 0.717) is 22.1 Å². The predicted octanol–water partition coefficient (Wildman–Crippen LogP) is 9.55. The molecule has 4 heterocycles. The second kappa shape index (κ2) is 8.20. The van der Waals surface area contributed by atoms with Gasteiger partial charge in [-0.3, -0.25) is 18.4 Å². The average molecular weight is 637 g/mol. The van der Waals surface area contributed by atoms with Crippen LogP contribution >= 0.6 is 0 Å². The molecule has 0 atom stereocenters. The number of nitrogens with zero attached hydrogens (tertiary/aromatic N) is 4. The number of aromatic nitrogens is 4. The fourth-order valence-electron chi connectivity index (χ4n) is 9.27. The van der Waals surface area contributed by atoms with E-state index in [4.69, 9.17) is 9.97 Å². The largest absolute Gasteiger partial charge is 0.268 e. The number of fused-ring (bicyclic) bond motifs is 14. The van der Waals surface area contributed by atoms with Gasteiger partial charge in [0.15, 0.2) is 0 Å². The van der Waals surface area contributed by atoms with Crippen molar-refractivity contribution in [1.29, 1.82) is 0 Å². The van der Waals surface area contributed by atoms with Crippen molar-refractivity contribution in [1.82, 2.24) is 18.8 Å². The lowest BCUT2D eigenvalue weighted by atomic mass is 9.86. The van der Waals surface area contributed by atoms with Crippen molar-refractivity contribution in [2.24, 2.45) is 0 Å². The van der Waals surface area contributed by atoms with Gasteiger partial charge < -0.3 is 0 Å². The van der Waals surface area contributed by atoms with Crippen LogP contribution < -0.4 is 11.1 Å². The van der Waals surface area contributed by atoms with Gasteiger partial charge in [-0.1, -0.05) is 84.9 Å². The second-order valence-corrected chi connectivity index (χ2v) is 13.6. The summed E-state index contributed by atoms with van der Waals surface area (Å²) in [5.74, 6) is 0. The normalized spacial score (nSPS) is 13.0. The molecule has 9 aromatic carbocycles. The van der Waals surface area contributed by atoms with E-state index in [2.05, 4.69) is 72.8 Å². The van der Waals surface area contributed by atoms with Crippen LogP contribution in [0.3, 0.4) is 0 Å². The first-order valence-corrected chi connectivity index (χ1v) is 16.8.